The molecule has 0 saturated heterocycles. The highest BCUT2D eigenvalue weighted by atomic mass is 16.7. The molecule has 2 amide bonds. The summed E-state index contributed by atoms with van der Waals surface area (Å²) in [5.74, 6) is 1.95. The van der Waals surface area contributed by atoms with Crippen molar-refractivity contribution in [3.63, 3.8) is 0 Å². The number of rotatable bonds is 7. The number of ether oxygens (including phenoxy) is 2. The van der Waals surface area contributed by atoms with Crippen molar-refractivity contribution in [2.24, 2.45) is 0 Å². The van der Waals surface area contributed by atoms with Crippen LogP contribution in [0.3, 0.4) is 0 Å². The standard InChI is InChI=1S/C19H21N5O3/c1-2-24(12-14-5-6-16-17(10-14)27-13-26-16)19(25)23-9-8-22-18-15(11-20)4-3-7-21-18/h3-7,10H,2,8-9,12-13H2,1H3,(H,21,22)(H,23,25). The lowest BCUT2D eigenvalue weighted by Gasteiger charge is -2.21. The fraction of sp³-hybridized carbons (Fsp3) is 0.316. The number of carbonyl (C=O) groups excluding carboxylic acids is 1. The number of aromatic nitrogens is 1. The molecular formula is C19H21N5O3. The molecule has 2 heterocycles. The number of fused-ring (bicyclic) bond motifs is 1. The molecule has 140 valence electrons. The molecule has 2 N–H and O–H groups in total. The van der Waals surface area contributed by atoms with Gasteiger partial charge in [-0.25, -0.2) is 9.78 Å². The Morgan fingerprint density at radius 3 is 2.96 bits per heavy atom. The number of amides is 2. The van der Waals surface area contributed by atoms with E-state index in [1.54, 1.807) is 23.2 Å². The maximum absolute atomic E-state index is 12.4. The van der Waals surface area contributed by atoms with Crippen molar-refractivity contribution < 1.29 is 14.3 Å². The summed E-state index contributed by atoms with van der Waals surface area (Å²) in [5.41, 5.74) is 1.45. The molecule has 1 aromatic carbocycles. The van der Waals surface area contributed by atoms with Crippen molar-refractivity contribution in [2.75, 3.05) is 31.7 Å². The van der Waals surface area contributed by atoms with Crippen LogP contribution < -0.4 is 20.1 Å². The first-order valence-corrected chi connectivity index (χ1v) is 8.71. The third-order valence-corrected chi connectivity index (χ3v) is 4.10. The minimum Gasteiger partial charge on any atom is -0.454 e. The average Bonchev–Trinajstić information content (AvgIpc) is 3.17. The number of nitriles is 1. The van der Waals surface area contributed by atoms with E-state index in [9.17, 15) is 4.79 Å². The van der Waals surface area contributed by atoms with Crippen molar-refractivity contribution in [1.82, 2.24) is 15.2 Å². The minimum absolute atomic E-state index is 0.154. The van der Waals surface area contributed by atoms with Gasteiger partial charge in [0.1, 0.15) is 11.9 Å². The van der Waals surface area contributed by atoms with Gasteiger partial charge in [-0.15, -0.1) is 0 Å². The smallest absolute Gasteiger partial charge is 0.317 e. The second-order valence-corrected chi connectivity index (χ2v) is 5.87. The Morgan fingerprint density at radius 1 is 1.30 bits per heavy atom. The van der Waals surface area contributed by atoms with Gasteiger partial charge in [0.05, 0.1) is 5.56 Å². The van der Waals surface area contributed by atoms with Crippen molar-refractivity contribution in [1.29, 1.82) is 5.26 Å². The van der Waals surface area contributed by atoms with E-state index in [1.165, 1.54) is 0 Å². The highest BCUT2D eigenvalue weighted by Gasteiger charge is 2.16. The largest absolute Gasteiger partial charge is 0.454 e. The minimum atomic E-state index is -0.154. The van der Waals surface area contributed by atoms with E-state index in [-0.39, 0.29) is 12.8 Å². The highest BCUT2D eigenvalue weighted by Crippen LogP contribution is 2.32. The summed E-state index contributed by atoms with van der Waals surface area (Å²) in [7, 11) is 0. The average molecular weight is 367 g/mol. The van der Waals surface area contributed by atoms with Crippen LogP contribution in [-0.2, 0) is 6.54 Å². The van der Waals surface area contributed by atoms with Gasteiger partial charge >= 0.3 is 6.03 Å². The lowest BCUT2D eigenvalue weighted by atomic mass is 10.2. The molecule has 1 aliphatic rings. The van der Waals surface area contributed by atoms with Gasteiger partial charge in [0.2, 0.25) is 6.79 Å². The van der Waals surface area contributed by atoms with Crippen molar-refractivity contribution in [2.45, 2.75) is 13.5 Å². The summed E-state index contributed by atoms with van der Waals surface area (Å²) in [4.78, 5) is 18.2. The number of anilines is 1. The van der Waals surface area contributed by atoms with Crippen LogP contribution in [0.15, 0.2) is 36.5 Å². The molecule has 3 rings (SSSR count). The SMILES string of the molecule is CCN(Cc1ccc2c(c1)OCO2)C(=O)NCCNc1ncccc1C#N. The molecule has 27 heavy (non-hydrogen) atoms. The summed E-state index contributed by atoms with van der Waals surface area (Å²) < 4.78 is 10.7. The van der Waals surface area contributed by atoms with E-state index in [0.29, 0.717) is 43.3 Å². The van der Waals surface area contributed by atoms with Crippen molar-refractivity contribution in [3.8, 4) is 17.6 Å². The first-order chi connectivity index (χ1) is 13.2. The Kier molecular flexibility index (Phi) is 5.94. The predicted octanol–water partition coefficient (Wildman–Crippen LogP) is 2.33. The molecule has 8 heteroatoms. The summed E-state index contributed by atoms with van der Waals surface area (Å²) in [6.07, 6.45) is 1.62. The molecule has 0 saturated carbocycles. The van der Waals surface area contributed by atoms with Crippen LogP contribution in [-0.4, -0.2) is 42.3 Å². The monoisotopic (exact) mass is 367 g/mol. The number of nitrogens with zero attached hydrogens (tertiary/aromatic N) is 3. The van der Waals surface area contributed by atoms with Gasteiger partial charge in [-0.3, -0.25) is 0 Å². The normalized spacial score (nSPS) is 11.6. The number of benzene rings is 1. The summed E-state index contributed by atoms with van der Waals surface area (Å²) in [5, 5.41) is 15.0. The summed E-state index contributed by atoms with van der Waals surface area (Å²) in [6.45, 7) is 4.10. The molecule has 0 atom stereocenters. The van der Waals surface area contributed by atoms with Gasteiger partial charge in [0.15, 0.2) is 11.5 Å². The van der Waals surface area contributed by atoms with E-state index in [0.717, 1.165) is 11.3 Å². The third-order valence-electron chi connectivity index (χ3n) is 4.10. The van der Waals surface area contributed by atoms with Gasteiger partial charge < -0.3 is 25.0 Å². The van der Waals surface area contributed by atoms with Crippen LogP contribution in [0.25, 0.3) is 0 Å². The zero-order valence-electron chi connectivity index (χ0n) is 15.1. The van der Waals surface area contributed by atoms with Crippen LogP contribution >= 0.6 is 0 Å². The van der Waals surface area contributed by atoms with E-state index in [4.69, 9.17) is 14.7 Å². The van der Waals surface area contributed by atoms with Gasteiger partial charge in [-0.2, -0.15) is 5.26 Å². The number of carbonyl (C=O) groups is 1. The van der Waals surface area contributed by atoms with Crippen LogP contribution in [0.4, 0.5) is 10.6 Å². The Labute approximate surface area is 157 Å². The van der Waals surface area contributed by atoms with E-state index in [1.807, 2.05) is 25.1 Å². The fourth-order valence-electron chi connectivity index (χ4n) is 2.69. The Morgan fingerprint density at radius 2 is 2.15 bits per heavy atom. The Bertz CT molecular complexity index is 849. The van der Waals surface area contributed by atoms with Gasteiger partial charge in [-0.1, -0.05) is 6.07 Å². The van der Waals surface area contributed by atoms with Gasteiger partial charge in [0.25, 0.3) is 0 Å². The van der Waals surface area contributed by atoms with E-state index in [2.05, 4.69) is 21.7 Å². The molecule has 8 nitrogen and oxygen atoms in total. The molecule has 1 aliphatic heterocycles. The zero-order chi connectivity index (χ0) is 19.1. The third kappa shape index (κ3) is 4.58. The van der Waals surface area contributed by atoms with E-state index < -0.39 is 0 Å². The second-order valence-electron chi connectivity index (χ2n) is 5.87. The number of urea groups is 1. The molecule has 0 unspecified atom stereocenters. The van der Waals surface area contributed by atoms with Crippen LogP contribution in [0.1, 0.15) is 18.1 Å². The van der Waals surface area contributed by atoms with Crippen LogP contribution in [0.5, 0.6) is 11.5 Å². The van der Waals surface area contributed by atoms with Gasteiger partial charge in [0, 0.05) is 32.4 Å². The Hall–Kier alpha value is -3.47. The quantitative estimate of drug-likeness (QED) is 0.729. The highest BCUT2D eigenvalue weighted by molar-refractivity contribution is 5.74. The maximum atomic E-state index is 12.4. The topological polar surface area (TPSA) is 99.5 Å². The molecule has 0 bridgehead atoms. The molecule has 1 aromatic heterocycles. The molecule has 0 fully saturated rings. The van der Waals surface area contributed by atoms with Gasteiger partial charge in [-0.05, 0) is 36.8 Å². The molecule has 2 aromatic rings. The van der Waals surface area contributed by atoms with E-state index >= 15 is 0 Å². The first-order valence-electron chi connectivity index (χ1n) is 8.71. The number of hydrogen-bond donors (Lipinski definition) is 2. The second kappa shape index (κ2) is 8.76. The van der Waals surface area contributed by atoms with Crippen LogP contribution in [0.2, 0.25) is 0 Å². The lowest BCUT2D eigenvalue weighted by Crippen LogP contribution is -2.41. The number of nitrogens with one attached hydrogen (secondary N) is 2. The number of hydrogen-bond acceptors (Lipinski definition) is 6. The first kappa shape index (κ1) is 18.3. The fourth-order valence-corrected chi connectivity index (χ4v) is 2.69. The molecule has 0 spiro atoms. The molecular weight excluding hydrogens is 346 g/mol. The summed E-state index contributed by atoms with van der Waals surface area (Å²) in [6, 6.07) is 11.0. The Balaban J connectivity index is 1.48. The molecule has 0 radical (unpaired) electrons. The molecule has 0 aliphatic carbocycles. The predicted molar refractivity (Wildman–Crippen MR) is 99.5 cm³/mol. The summed E-state index contributed by atoms with van der Waals surface area (Å²) >= 11 is 0. The van der Waals surface area contributed by atoms with Crippen LogP contribution in [0, 0.1) is 11.3 Å². The zero-order valence-corrected chi connectivity index (χ0v) is 15.1. The van der Waals surface area contributed by atoms with Crippen molar-refractivity contribution >= 4 is 11.8 Å². The van der Waals surface area contributed by atoms with Crippen molar-refractivity contribution in [3.05, 3.63) is 47.7 Å². The maximum Gasteiger partial charge on any atom is 0.317 e. The lowest BCUT2D eigenvalue weighted by molar-refractivity contribution is 0.173. The number of pyridine rings is 1.